The molecular weight excluding hydrogens is 380 g/mol. The van der Waals surface area contributed by atoms with E-state index in [4.69, 9.17) is 16.3 Å². The van der Waals surface area contributed by atoms with Crippen LogP contribution < -0.4 is 4.90 Å². The van der Waals surface area contributed by atoms with E-state index in [0.29, 0.717) is 16.3 Å². The Morgan fingerprint density at radius 1 is 1.11 bits per heavy atom. The number of benzene rings is 2. The number of halogens is 1. The molecular formula is C21H17ClN2O4. The number of rotatable bonds is 4. The largest absolute Gasteiger partial charge is 0.461 e. The lowest BCUT2D eigenvalue weighted by atomic mass is 9.90. The summed E-state index contributed by atoms with van der Waals surface area (Å²) in [4.78, 5) is 42.9. The molecule has 2 heterocycles. The van der Waals surface area contributed by atoms with Crippen LogP contribution in [-0.2, 0) is 19.1 Å². The first-order valence-electron chi connectivity index (χ1n) is 8.87. The van der Waals surface area contributed by atoms with Crippen LogP contribution in [0.15, 0.2) is 59.6 Å². The molecule has 2 aliphatic rings. The summed E-state index contributed by atoms with van der Waals surface area (Å²) in [6.45, 7) is 1.60. The van der Waals surface area contributed by atoms with Crippen LogP contribution in [0.25, 0.3) is 0 Å². The summed E-state index contributed by atoms with van der Waals surface area (Å²) in [5, 5.41) is 0.563. The van der Waals surface area contributed by atoms with Gasteiger partial charge in [-0.2, -0.15) is 4.99 Å². The van der Waals surface area contributed by atoms with Gasteiger partial charge in [-0.15, -0.1) is 0 Å². The van der Waals surface area contributed by atoms with Gasteiger partial charge in [-0.25, -0.2) is 0 Å². The minimum absolute atomic E-state index is 0.0379. The van der Waals surface area contributed by atoms with Crippen LogP contribution in [0.1, 0.15) is 25.3 Å². The lowest BCUT2D eigenvalue weighted by Gasteiger charge is -2.24. The van der Waals surface area contributed by atoms with Crippen molar-refractivity contribution in [2.75, 3.05) is 4.90 Å². The number of hydrogen-bond donors (Lipinski definition) is 0. The molecule has 1 fully saturated rings. The van der Waals surface area contributed by atoms with E-state index in [2.05, 4.69) is 4.99 Å². The Morgan fingerprint density at radius 3 is 2.46 bits per heavy atom. The SMILES string of the molecule is C[C@@]1(CC2CC(=O)N(c3ccccc3)C2=O)OC(c2ccc(Cl)cc2)=NC1=O. The van der Waals surface area contributed by atoms with Crippen LogP contribution in [0.4, 0.5) is 5.69 Å². The zero-order valence-corrected chi connectivity index (χ0v) is 15.8. The Labute approximate surface area is 166 Å². The van der Waals surface area contributed by atoms with Gasteiger partial charge in [-0.05, 0) is 43.3 Å². The average molecular weight is 397 g/mol. The summed E-state index contributed by atoms with van der Waals surface area (Å²) >= 11 is 5.89. The first-order valence-corrected chi connectivity index (χ1v) is 9.25. The highest BCUT2D eigenvalue weighted by Crippen LogP contribution is 2.36. The van der Waals surface area contributed by atoms with E-state index in [1.165, 1.54) is 4.90 Å². The van der Waals surface area contributed by atoms with Gasteiger partial charge >= 0.3 is 0 Å². The average Bonchev–Trinajstić information content (AvgIpc) is 3.12. The van der Waals surface area contributed by atoms with E-state index in [-0.39, 0.29) is 30.6 Å². The number of anilines is 1. The molecule has 28 heavy (non-hydrogen) atoms. The van der Waals surface area contributed by atoms with Crippen LogP contribution in [0.3, 0.4) is 0 Å². The Hall–Kier alpha value is -2.99. The third-order valence-corrected chi connectivity index (χ3v) is 5.21. The number of amides is 3. The molecule has 2 atom stereocenters. The molecule has 7 heteroatoms. The van der Waals surface area contributed by atoms with Gasteiger partial charge in [-0.3, -0.25) is 19.3 Å². The maximum atomic E-state index is 12.8. The molecule has 0 N–H and O–H groups in total. The third-order valence-electron chi connectivity index (χ3n) is 4.96. The summed E-state index contributed by atoms with van der Waals surface area (Å²) in [5.41, 5.74) is -0.134. The fraction of sp³-hybridized carbons (Fsp3) is 0.238. The summed E-state index contributed by atoms with van der Waals surface area (Å²) in [6, 6.07) is 15.5. The van der Waals surface area contributed by atoms with Crippen molar-refractivity contribution in [3.05, 3.63) is 65.2 Å². The number of para-hydroxylation sites is 1. The smallest absolute Gasteiger partial charge is 0.292 e. The molecule has 3 amide bonds. The number of hydrogen-bond acceptors (Lipinski definition) is 4. The summed E-state index contributed by atoms with van der Waals surface area (Å²) in [6.07, 6.45) is 0.122. The van der Waals surface area contributed by atoms with E-state index in [1.54, 1.807) is 55.5 Å². The van der Waals surface area contributed by atoms with Crippen LogP contribution in [0.2, 0.25) is 5.02 Å². The number of imide groups is 1. The van der Waals surface area contributed by atoms with Crippen molar-refractivity contribution in [1.29, 1.82) is 0 Å². The van der Waals surface area contributed by atoms with Crippen molar-refractivity contribution in [3.8, 4) is 0 Å². The van der Waals surface area contributed by atoms with Crippen molar-refractivity contribution in [2.24, 2.45) is 10.9 Å². The van der Waals surface area contributed by atoms with Crippen LogP contribution >= 0.6 is 11.6 Å². The highest BCUT2D eigenvalue weighted by molar-refractivity contribution is 6.30. The third kappa shape index (κ3) is 3.20. The van der Waals surface area contributed by atoms with Crippen LogP contribution in [0.5, 0.6) is 0 Å². The number of aliphatic imine (C=N–C) groups is 1. The number of carbonyl (C=O) groups excluding carboxylic acids is 3. The summed E-state index contributed by atoms with van der Waals surface area (Å²) < 4.78 is 5.85. The molecule has 6 nitrogen and oxygen atoms in total. The van der Waals surface area contributed by atoms with Gasteiger partial charge in [-0.1, -0.05) is 29.8 Å². The van der Waals surface area contributed by atoms with Gasteiger partial charge in [0.05, 0.1) is 11.6 Å². The van der Waals surface area contributed by atoms with E-state index >= 15 is 0 Å². The van der Waals surface area contributed by atoms with Crippen molar-refractivity contribution in [1.82, 2.24) is 0 Å². The standard InChI is InChI=1S/C21H17ClN2O4/c1-21(20(27)23-18(28-21)13-7-9-15(22)10-8-13)12-14-11-17(25)24(19(14)26)16-5-3-2-4-6-16/h2-10,14H,11-12H2,1H3/t14?,21-/m0/s1. The van der Waals surface area contributed by atoms with Gasteiger partial charge in [0.15, 0.2) is 5.60 Å². The second-order valence-corrected chi connectivity index (χ2v) is 7.51. The van der Waals surface area contributed by atoms with Gasteiger partial charge < -0.3 is 4.74 Å². The van der Waals surface area contributed by atoms with E-state index in [9.17, 15) is 14.4 Å². The Bertz CT molecular complexity index is 987. The number of ether oxygens (including phenoxy) is 1. The molecule has 0 aliphatic carbocycles. The maximum absolute atomic E-state index is 12.8. The predicted octanol–water partition coefficient (Wildman–Crippen LogP) is 3.37. The highest BCUT2D eigenvalue weighted by Gasteiger charge is 2.49. The first-order chi connectivity index (χ1) is 13.4. The molecule has 0 bridgehead atoms. The van der Waals surface area contributed by atoms with E-state index < -0.39 is 17.4 Å². The molecule has 2 aromatic rings. The minimum Gasteiger partial charge on any atom is -0.461 e. The number of nitrogens with zero attached hydrogens (tertiary/aromatic N) is 2. The molecule has 4 rings (SSSR count). The molecule has 2 aromatic carbocycles. The fourth-order valence-corrected chi connectivity index (χ4v) is 3.63. The van der Waals surface area contributed by atoms with Crippen LogP contribution in [0, 0.1) is 5.92 Å². The van der Waals surface area contributed by atoms with Gasteiger partial charge in [0, 0.05) is 23.4 Å². The quantitative estimate of drug-likeness (QED) is 0.742. The lowest BCUT2D eigenvalue weighted by molar-refractivity contribution is -0.132. The summed E-state index contributed by atoms with van der Waals surface area (Å²) in [5.74, 6) is -1.51. The van der Waals surface area contributed by atoms with Crippen molar-refractivity contribution >= 4 is 40.9 Å². The van der Waals surface area contributed by atoms with Gasteiger partial charge in [0.25, 0.3) is 5.91 Å². The van der Waals surface area contributed by atoms with Crippen molar-refractivity contribution in [2.45, 2.75) is 25.4 Å². The van der Waals surface area contributed by atoms with Crippen molar-refractivity contribution in [3.63, 3.8) is 0 Å². The Balaban J connectivity index is 1.51. The molecule has 0 spiro atoms. The highest BCUT2D eigenvalue weighted by atomic mass is 35.5. The van der Waals surface area contributed by atoms with Gasteiger partial charge in [0.1, 0.15) is 0 Å². The maximum Gasteiger partial charge on any atom is 0.292 e. The zero-order chi connectivity index (χ0) is 19.9. The molecule has 142 valence electrons. The Kier molecular flexibility index (Phi) is 4.51. The van der Waals surface area contributed by atoms with Crippen LogP contribution in [-0.4, -0.2) is 29.2 Å². The first kappa shape index (κ1) is 18.4. The topological polar surface area (TPSA) is 76.0 Å². The molecule has 0 aromatic heterocycles. The molecule has 1 unspecified atom stereocenters. The minimum atomic E-state index is -1.29. The molecule has 0 radical (unpaired) electrons. The molecule has 2 aliphatic heterocycles. The second kappa shape index (κ2) is 6.87. The Morgan fingerprint density at radius 2 is 1.79 bits per heavy atom. The second-order valence-electron chi connectivity index (χ2n) is 7.07. The van der Waals surface area contributed by atoms with E-state index in [1.807, 2.05) is 6.07 Å². The van der Waals surface area contributed by atoms with Gasteiger partial charge in [0.2, 0.25) is 17.7 Å². The summed E-state index contributed by atoms with van der Waals surface area (Å²) in [7, 11) is 0. The molecule has 0 saturated carbocycles. The van der Waals surface area contributed by atoms with Crippen molar-refractivity contribution < 1.29 is 19.1 Å². The lowest BCUT2D eigenvalue weighted by Crippen LogP contribution is -2.38. The molecule has 1 saturated heterocycles. The monoisotopic (exact) mass is 396 g/mol. The fourth-order valence-electron chi connectivity index (χ4n) is 3.51. The normalized spacial score (nSPS) is 24.5. The zero-order valence-electron chi connectivity index (χ0n) is 15.1. The number of carbonyl (C=O) groups is 3. The van der Waals surface area contributed by atoms with E-state index in [0.717, 1.165) is 0 Å². The predicted molar refractivity (Wildman–Crippen MR) is 104 cm³/mol.